The Hall–Kier alpha value is -1.52. The molecule has 1 aromatic rings. The van der Waals surface area contributed by atoms with Gasteiger partial charge in [-0.05, 0) is 18.8 Å². The number of nitrogens with zero attached hydrogens (tertiary/aromatic N) is 5. The van der Waals surface area contributed by atoms with E-state index in [-0.39, 0.29) is 5.91 Å². The number of carbonyl (C=O) groups is 1. The summed E-state index contributed by atoms with van der Waals surface area (Å²) in [6, 6.07) is 0.720. The van der Waals surface area contributed by atoms with E-state index in [1.165, 1.54) is 31.9 Å². The van der Waals surface area contributed by atoms with Crippen molar-refractivity contribution < 1.29 is 19.1 Å². The normalized spacial score (nSPS) is 22.6. The van der Waals surface area contributed by atoms with E-state index in [0.29, 0.717) is 43.8 Å². The maximum absolute atomic E-state index is 12.9. The lowest BCUT2D eigenvalue weighted by atomic mass is 10.2. The van der Waals surface area contributed by atoms with Crippen molar-refractivity contribution in [3.8, 4) is 0 Å². The van der Waals surface area contributed by atoms with Gasteiger partial charge in [-0.15, -0.1) is 0 Å². The van der Waals surface area contributed by atoms with Crippen molar-refractivity contribution in [2.75, 3.05) is 72.1 Å². The Morgan fingerprint density at radius 2 is 1.74 bits per heavy atom. The largest absolute Gasteiger partial charge is 0.447 e. The maximum Gasteiger partial charge on any atom is 0.275 e. The highest BCUT2D eigenvalue weighted by Gasteiger charge is 2.29. The predicted octanol–water partition coefficient (Wildman–Crippen LogP) is 1.53. The smallest absolute Gasteiger partial charge is 0.275 e. The van der Waals surface area contributed by atoms with Gasteiger partial charge in [0.05, 0.1) is 19.3 Å². The van der Waals surface area contributed by atoms with Gasteiger partial charge >= 0.3 is 0 Å². The molecule has 0 aromatic carbocycles. The number of rotatable bonds is 10. The number of piperazine rings is 2. The van der Waals surface area contributed by atoms with E-state index >= 15 is 0 Å². The van der Waals surface area contributed by atoms with Crippen LogP contribution in [0.5, 0.6) is 0 Å². The third-order valence-electron chi connectivity index (χ3n) is 7.27. The van der Waals surface area contributed by atoms with Crippen molar-refractivity contribution in [1.29, 1.82) is 0 Å². The number of hydrogen-bond donors (Lipinski definition) is 1. The molecule has 0 radical (unpaired) electrons. The molecule has 34 heavy (non-hydrogen) atoms. The topological polar surface area (TPSA) is 85.5 Å². The second-order valence-corrected chi connectivity index (χ2v) is 10.6. The lowest BCUT2D eigenvalue weighted by Gasteiger charge is -2.37. The summed E-state index contributed by atoms with van der Waals surface area (Å²) in [6.07, 6.45) is 6.37. The molecule has 2 saturated heterocycles. The highest BCUT2D eigenvalue weighted by molar-refractivity contribution is 5.92. The minimum Gasteiger partial charge on any atom is -0.447 e. The van der Waals surface area contributed by atoms with Gasteiger partial charge in [-0.25, -0.2) is 4.98 Å². The molecule has 1 N–H and O–H groups in total. The van der Waals surface area contributed by atoms with Crippen LogP contribution in [0.15, 0.2) is 10.7 Å². The molecule has 1 unspecified atom stereocenters. The van der Waals surface area contributed by atoms with Crippen LogP contribution in [0.25, 0.3) is 0 Å². The molecule has 0 spiro atoms. The fourth-order valence-electron chi connectivity index (χ4n) is 5.32. The summed E-state index contributed by atoms with van der Waals surface area (Å²) in [5, 5.41) is 10.2. The van der Waals surface area contributed by atoms with E-state index in [0.717, 1.165) is 58.4 Å². The van der Waals surface area contributed by atoms with E-state index in [9.17, 15) is 9.90 Å². The molecule has 3 heterocycles. The van der Waals surface area contributed by atoms with Crippen LogP contribution < -0.4 is 0 Å². The minimum atomic E-state index is -0.453. The summed E-state index contributed by atoms with van der Waals surface area (Å²) in [4.78, 5) is 26.5. The van der Waals surface area contributed by atoms with Crippen LogP contribution in [0.4, 0.5) is 0 Å². The Labute approximate surface area is 204 Å². The molecule has 1 aliphatic carbocycles. The van der Waals surface area contributed by atoms with Crippen molar-refractivity contribution in [2.24, 2.45) is 5.92 Å². The van der Waals surface area contributed by atoms with Crippen LogP contribution >= 0.6 is 0 Å². The molecule has 1 atom stereocenters. The number of aliphatic hydroxyl groups excluding tert-OH is 1. The zero-order valence-electron chi connectivity index (χ0n) is 21.0. The number of aliphatic hydroxyl groups is 1. The second kappa shape index (κ2) is 12.4. The molecule has 2 aliphatic heterocycles. The monoisotopic (exact) mass is 477 g/mol. The number of β-amino-alcohol motifs (C(OH)–C–C–N with tert-alkyl or cyclic N) is 1. The van der Waals surface area contributed by atoms with Crippen molar-refractivity contribution in [2.45, 2.75) is 58.2 Å². The third-order valence-corrected chi connectivity index (χ3v) is 7.27. The van der Waals surface area contributed by atoms with E-state index < -0.39 is 6.10 Å². The highest BCUT2D eigenvalue weighted by Crippen LogP contribution is 2.24. The average Bonchev–Trinajstić information content (AvgIpc) is 3.52. The predicted molar refractivity (Wildman–Crippen MR) is 130 cm³/mol. The van der Waals surface area contributed by atoms with Crippen LogP contribution in [0.2, 0.25) is 0 Å². The Kier molecular flexibility index (Phi) is 9.36. The van der Waals surface area contributed by atoms with Gasteiger partial charge in [-0.3, -0.25) is 19.5 Å². The Morgan fingerprint density at radius 3 is 2.41 bits per heavy atom. The van der Waals surface area contributed by atoms with Gasteiger partial charge in [0.1, 0.15) is 6.26 Å². The molecule has 1 aromatic heterocycles. The summed E-state index contributed by atoms with van der Waals surface area (Å²) < 4.78 is 11.2. The van der Waals surface area contributed by atoms with Gasteiger partial charge in [0, 0.05) is 71.6 Å². The molecule has 4 rings (SSSR count). The SMILES string of the molecule is CC(C)COCC(O)CN1CCN(Cc2nc(C(=O)N3CCN(C4CCCC4)CC3)co2)CC1. The lowest BCUT2D eigenvalue weighted by Crippen LogP contribution is -2.51. The van der Waals surface area contributed by atoms with Crippen LogP contribution in [-0.4, -0.2) is 120 Å². The Balaban J connectivity index is 1.16. The van der Waals surface area contributed by atoms with E-state index in [1.54, 1.807) is 0 Å². The summed E-state index contributed by atoms with van der Waals surface area (Å²) in [7, 11) is 0. The van der Waals surface area contributed by atoms with Crippen LogP contribution in [0.3, 0.4) is 0 Å². The molecule has 1 amide bonds. The zero-order valence-corrected chi connectivity index (χ0v) is 21.0. The number of oxazole rings is 1. The zero-order chi connectivity index (χ0) is 23.9. The van der Waals surface area contributed by atoms with Crippen molar-refractivity contribution in [1.82, 2.24) is 24.6 Å². The first-order valence-corrected chi connectivity index (χ1v) is 13.2. The van der Waals surface area contributed by atoms with E-state index in [2.05, 4.69) is 33.5 Å². The molecule has 3 fully saturated rings. The van der Waals surface area contributed by atoms with Crippen LogP contribution in [0.1, 0.15) is 55.9 Å². The van der Waals surface area contributed by atoms with Gasteiger partial charge in [0.25, 0.3) is 5.91 Å². The average molecular weight is 478 g/mol. The second-order valence-electron chi connectivity index (χ2n) is 10.6. The highest BCUT2D eigenvalue weighted by atomic mass is 16.5. The summed E-state index contributed by atoms with van der Waals surface area (Å²) in [5.74, 6) is 1.07. The maximum atomic E-state index is 12.9. The molecule has 1 saturated carbocycles. The van der Waals surface area contributed by atoms with Gasteiger partial charge in [0.15, 0.2) is 5.69 Å². The van der Waals surface area contributed by atoms with Gasteiger partial charge < -0.3 is 19.2 Å². The number of carbonyl (C=O) groups excluding carboxylic acids is 1. The molecule has 0 bridgehead atoms. The molecular weight excluding hydrogens is 434 g/mol. The van der Waals surface area contributed by atoms with E-state index in [4.69, 9.17) is 9.15 Å². The summed E-state index contributed by atoms with van der Waals surface area (Å²) >= 11 is 0. The first-order chi connectivity index (χ1) is 16.5. The number of hydrogen-bond acceptors (Lipinski definition) is 8. The van der Waals surface area contributed by atoms with Gasteiger partial charge in [-0.1, -0.05) is 26.7 Å². The van der Waals surface area contributed by atoms with Gasteiger partial charge in [0.2, 0.25) is 5.89 Å². The lowest BCUT2D eigenvalue weighted by molar-refractivity contribution is -0.000850. The van der Waals surface area contributed by atoms with E-state index in [1.807, 2.05) is 4.90 Å². The molecule has 9 heteroatoms. The Morgan fingerprint density at radius 1 is 1.06 bits per heavy atom. The number of ether oxygens (including phenoxy) is 1. The molecule has 192 valence electrons. The fraction of sp³-hybridized carbons (Fsp3) is 0.840. The van der Waals surface area contributed by atoms with Gasteiger partial charge in [-0.2, -0.15) is 0 Å². The standard InChI is InChI=1S/C25H43N5O4/c1-20(2)17-33-18-22(31)15-27-7-9-28(10-8-27)16-24-26-23(19-34-24)25(32)30-13-11-29(12-14-30)21-5-3-4-6-21/h19-22,31H,3-18H2,1-2H3. The molecule has 3 aliphatic rings. The number of amides is 1. The summed E-state index contributed by atoms with van der Waals surface area (Å²) in [6.45, 7) is 13.5. The number of aromatic nitrogens is 1. The molecule has 9 nitrogen and oxygen atoms in total. The van der Waals surface area contributed by atoms with Crippen molar-refractivity contribution >= 4 is 5.91 Å². The summed E-state index contributed by atoms with van der Waals surface area (Å²) in [5.41, 5.74) is 0.424. The third kappa shape index (κ3) is 7.24. The van der Waals surface area contributed by atoms with Crippen LogP contribution in [-0.2, 0) is 11.3 Å². The fourth-order valence-corrected chi connectivity index (χ4v) is 5.32. The minimum absolute atomic E-state index is 0.0143. The first-order valence-electron chi connectivity index (χ1n) is 13.2. The van der Waals surface area contributed by atoms with Crippen molar-refractivity contribution in [3.05, 3.63) is 17.8 Å². The molecular formula is C25H43N5O4. The van der Waals surface area contributed by atoms with Crippen LogP contribution in [0, 0.1) is 5.92 Å². The first kappa shape index (κ1) is 25.6. The Bertz CT molecular complexity index is 750. The quantitative estimate of drug-likeness (QED) is 0.543. The van der Waals surface area contributed by atoms with Crippen molar-refractivity contribution in [3.63, 3.8) is 0 Å².